The van der Waals surface area contributed by atoms with Crippen molar-refractivity contribution >= 4 is 0 Å². The highest BCUT2D eigenvalue weighted by Crippen LogP contribution is 2.36. The minimum Gasteiger partial charge on any atom is -0.496 e. The average Bonchev–Trinajstić information content (AvgIpc) is 2.75. The van der Waals surface area contributed by atoms with Gasteiger partial charge in [0, 0.05) is 19.2 Å². The maximum atomic E-state index is 6.01. The van der Waals surface area contributed by atoms with E-state index in [4.69, 9.17) is 9.47 Å². The van der Waals surface area contributed by atoms with Gasteiger partial charge >= 0.3 is 0 Å². The predicted molar refractivity (Wildman–Crippen MR) is 78.5 cm³/mol. The van der Waals surface area contributed by atoms with Crippen molar-refractivity contribution in [1.29, 1.82) is 0 Å². The number of ether oxygens (including phenoxy) is 2. The Labute approximate surface area is 119 Å². The molecule has 0 aliphatic rings. The van der Waals surface area contributed by atoms with Crippen LogP contribution in [0.3, 0.4) is 0 Å². The number of rotatable bonds is 5. The lowest BCUT2D eigenvalue weighted by Crippen LogP contribution is -2.14. The van der Waals surface area contributed by atoms with Crippen molar-refractivity contribution < 1.29 is 9.47 Å². The Hall–Kier alpha value is -2.01. The summed E-state index contributed by atoms with van der Waals surface area (Å²) in [5.74, 6) is 2.29. The predicted octanol–water partition coefficient (Wildman–Crippen LogP) is 2.81. The Balaban J connectivity index is 2.43. The highest BCUT2D eigenvalue weighted by molar-refractivity contribution is 5.48. The number of methoxy groups -OCH3 is 1. The second kappa shape index (κ2) is 5.96. The van der Waals surface area contributed by atoms with Gasteiger partial charge in [0.05, 0.1) is 18.4 Å². The Kier molecular flexibility index (Phi) is 4.29. The molecule has 1 aromatic heterocycles. The zero-order valence-electron chi connectivity index (χ0n) is 12.6. The van der Waals surface area contributed by atoms with Crippen molar-refractivity contribution in [3.8, 4) is 17.4 Å². The van der Waals surface area contributed by atoms with Crippen LogP contribution in [0.1, 0.15) is 24.2 Å². The SMILES string of the molecule is CNC(C)c1c(OC)cccc1Oc1cc(C)nn1C. The molecule has 2 rings (SSSR count). The van der Waals surface area contributed by atoms with E-state index in [2.05, 4.69) is 17.3 Å². The molecule has 0 saturated carbocycles. The van der Waals surface area contributed by atoms with Crippen molar-refractivity contribution in [2.24, 2.45) is 7.05 Å². The summed E-state index contributed by atoms with van der Waals surface area (Å²) in [6.45, 7) is 4.01. The molecule has 1 heterocycles. The molecule has 108 valence electrons. The van der Waals surface area contributed by atoms with Crippen molar-refractivity contribution in [1.82, 2.24) is 15.1 Å². The summed E-state index contributed by atoms with van der Waals surface area (Å²) in [6, 6.07) is 7.82. The monoisotopic (exact) mass is 275 g/mol. The Morgan fingerprint density at radius 1 is 1.30 bits per heavy atom. The van der Waals surface area contributed by atoms with Crippen LogP contribution in [-0.4, -0.2) is 23.9 Å². The van der Waals surface area contributed by atoms with Gasteiger partial charge in [0.25, 0.3) is 0 Å². The number of nitrogens with one attached hydrogen (secondary N) is 1. The topological polar surface area (TPSA) is 48.3 Å². The molecule has 0 radical (unpaired) electrons. The molecule has 0 aliphatic carbocycles. The quantitative estimate of drug-likeness (QED) is 0.911. The molecular formula is C15H21N3O2. The molecule has 5 heteroatoms. The fourth-order valence-corrected chi connectivity index (χ4v) is 2.16. The molecular weight excluding hydrogens is 254 g/mol. The number of aryl methyl sites for hydroxylation is 2. The minimum atomic E-state index is 0.121. The third-order valence-electron chi connectivity index (χ3n) is 3.29. The van der Waals surface area contributed by atoms with E-state index in [1.54, 1.807) is 11.8 Å². The van der Waals surface area contributed by atoms with Crippen LogP contribution in [0.4, 0.5) is 0 Å². The van der Waals surface area contributed by atoms with Crippen LogP contribution in [0.15, 0.2) is 24.3 Å². The zero-order chi connectivity index (χ0) is 14.7. The molecule has 5 nitrogen and oxygen atoms in total. The van der Waals surface area contributed by atoms with Crippen molar-refractivity contribution in [3.05, 3.63) is 35.5 Å². The Morgan fingerprint density at radius 2 is 2.00 bits per heavy atom. The highest BCUT2D eigenvalue weighted by atomic mass is 16.5. The second-order valence-corrected chi connectivity index (χ2v) is 4.73. The lowest BCUT2D eigenvalue weighted by Gasteiger charge is -2.19. The van der Waals surface area contributed by atoms with Crippen LogP contribution in [0, 0.1) is 6.92 Å². The third-order valence-corrected chi connectivity index (χ3v) is 3.29. The smallest absolute Gasteiger partial charge is 0.217 e. The van der Waals surface area contributed by atoms with Crippen LogP contribution in [0.25, 0.3) is 0 Å². The fourth-order valence-electron chi connectivity index (χ4n) is 2.16. The van der Waals surface area contributed by atoms with E-state index in [1.165, 1.54) is 0 Å². The van der Waals surface area contributed by atoms with E-state index in [9.17, 15) is 0 Å². The molecule has 0 amide bonds. The van der Waals surface area contributed by atoms with Crippen molar-refractivity contribution in [3.63, 3.8) is 0 Å². The standard InChI is InChI=1S/C15H21N3O2/c1-10-9-14(18(4)17-10)20-13-8-6-7-12(19-5)15(13)11(2)16-3/h6-9,11,16H,1-5H3. The van der Waals surface area contributed by atoms with Crippen LogP contribution in [0.5, 0.6) is 17.4 Å². The van der Waals surface area contributed by atoms with Crippen LogP contribution < -0.4 is 14.8 Å². The minimum absolute atomic E-state index is 0.121. The third kappa shape index (κ3) is 2.77. The molecule has 20 heavy (non-hydrogen) atoms. The van der Waals surface area contributed by atoms with Crippen LogP contribution in [0.2, 0.25) is 0 Å². The maximum absolute atomic E-state index is 6.01. The molecule has 0 fully saturated rings. The number of aromatic nitrogens is 2. The van der Waals surface area contributed by atoms with Gasteiger partial charge in [0.2, 0.25) is 5.88 Å². The van der Waals surface area contributed by atoms with E-state index in [1.807, 2.05) is 45.3 Å². The van der Waals surface area contributed by atoms with Gasteiger partial charge in [0.15, 0.2) is 0 Å². The van der Waals surface area contributed by atoms with Crippen LogP contribution in [-0.2, 0) is 7.05 Å². The molecule has 2 aromatic rings. The van der Waals surface area contributed by atoms with Gasteiger partial charge in [-0.2, -0.15) is 5.10 Å². The van der Waals surface area contributed by atoms with Gasteiger partial charge in [-0.15, -0.1) is 0 Å². The average molecular weight is 275 g/mol. The fraction of sp³-hybridized carbons (Fsp3) is 0.400. The Morgan fingerprint density at radius 3 is 2.55 bits per heavy atom. The lowest BCUT2D eigenvalue weighted by molar-refractivity contribution is 0.385. The molecule has 0 spiro atoms. The number of hydrogen-bond donors (Lipinski definition) is 1. The summed E-state index contributed by atoms with van der Waals surface area (Å²) in [7, 11) is 5.44. The largest absolute Gasteiger partial charge is 0.496 e. The summed E-state index contributed by atoms with van der Waals surface area (Å²) < 4.78 is 13.2. The van der Waals surface area contributed by atoms with Gasteiger partial charge in [-0.3, -0.25) is 0 Å². The first-order valence-electron chi connectivity index (χ1n) is 6.59. The zero-order valence-corrected chi connectivity index (χ0v) is 12.6. The maximum Gasteiger partial charge on any atom is 0.217 e. The summed E-state index contributed by atoms with van der Waals surface area (Å²) in [5.41, 5.74) is 1.92. The summed E-state index contributed by atoms with van der Waals surface area (Å²) in [5, 5.41) is 7.51. The molecule has 1 atom stereocenters. The number of benzene rings is 1. The van der Waals surface area contributed by atoms with Gasteiger partial charge in [-0.1, -0.05) is 6.07 Å². The van der Waals surface area contributed by atoms with Gasteiger partial charge < -0.3 is 14.8 Å². The molecule has 0 saturated heterocycles. The normalized spacial score (nSPS) is 12.2. The van der Waals surface area contributed by atoms with E-state index in [0.29, 0.717) is 5.88 Å². The summed E-state index contributed by atoms with van der Waals surface area (Å²) >= 11 is 0. The van der Waals surface area contributed by atoms with E-state index in [-0.39, 0.29) is 6.04 Å². The van der Waals surface area contributed by atoms with Gasteiger partial charge in [-0.25, -0.2) is 4.68 Å². The summed E-state index contributed by atoms with van der Waals surface area (Å²) in [6.07, 6.45) is 0. The first-order chi connectivity index (χ1) is 9.56. The van der Waals surface area contributed by atoms with Crippen molar-refractivity contribution in [2.75, 3.05) is 14.2 Å². The second-order valence-electron chi connectivity index (χ2n) is 4.73. The van der Waals surface area contributed by atoms with Crippen LogP contribution >= 0.6 is 0 Å². The molecule has 1 aromatic carbocycles. The summed E-state index contributed by atoms with van der Waals surface area (Å²) in [4.78, 5) is 0. The first-order valence-corrected chi connectivity index (χ1v) is 6.59. The Bertz CT molecular complexity index is 593. The molecule has 0 bridgehead atoms. The molecule has 1 unspecified atom stereocenters. The molecule has 1 N–H and O–H groups in total. The van der Waals surface area contributed by atoms with E-state index in [0.717, 1.165) is 22.8 Å². The number of nitrogens with zero attached hydrogens (tertiary/aromatic N) is 2. The number of hydrogen-bond acceptors (Lipinski definition) is 4. The first kappa shape index (κ1) is 14.4. The highest BCUT2D eigenvalue weighted by Gasteiger charge is 2.17. The van der Waals surface area contributed by atoms with Crippen molar-refractivity contribution in [2.45, 2.75) is 19.9 Å². The molecule has 0 aliphatic heterocycles. The van der Waals surface area contributed by atoms with Gasteiger partial charge in [-0.05, 0) is 33.0 Å². The van der Waals surface area contributed by atoms with E-state index < -0.39 is 0 Å². The van der Waals surface area contributed by atoms with Gasteiger partial charge in [0.1, 0.15) is 11.5 Å². The lowest BCUT2D eigenvalue weighted by atomic mass is 10.1. The van der Waals surface area contributed by atoms with E-state index >= 15 is 0 Å².